The first-order chi connectivity index (χ1) is 9.19. The molecule has 0 N–H and O–H groups in total. The average molecular weight is 265 g/mol. The van der Waals surface area contributed by atoms with Gasteiger partial charge >= 0.3 is 0 Å². The lowest BCUT2D eigenvalue weighted by Crippen LogP contribution is -2.39. The van der Waals surface area contributed by atoms with Gasteiger partial charge in [-0.05, 0) is 25.2 Å². The first-order valence-electron chi connectivity index (χ1n) is 7.28. The van der Waals surface area contributed by atoms with Crippen molar-refractivity contribution < 1.29 is 9.32 Å². The van der Waals surface area contributed by atoms with Gasteiger partial charge in [-0.25, -0.2) is 0 Å². The van der Waals surface area contributed by atoms with E-state index < -0.39 is 0 Å². The Bertz CT molecular complexity index is 417. The Morgan fingerprint density at radius 2 is 2.32 bits per heavy atom. The first kappa shape index (κ1) is 14.0. The fraction of sp³-hybridized carbons (Fsp3) is 0.786. The molecule has 1 fully saturated rings. The van der Waals surface area contributed by atoms with Gasteiger partial charge in [0.1, 0.15) is 0 Å². The third kappa shape index (κ3) is 4.04. The molecule has 1 unspecified atom stereocenters. The van der Waals surface area contributed by atoms with Gasteiger partial charge in [0.2, 0.25) is 11.8 Å². The molecule has 0 bridgehead atoms. The van der Waals surface area contributed by atoms with Crippen molar-refractivity contribution in [2.24, 2.45) is 5.92 Å². The Hall–Kier alpha value is -1.39. The minimum atomic E-state index is 0.210. The fourth-order valence-electron chi connectivity index (χ4n) is 2.50. The second-order valence-electron chi connectivity index (χ2n) is 5.44. The molecule has 1 saturated heterocycles. The van der Waals surface area contributed by atoms with E-state index in [1.165, 1.54) is 6.42 Å². The van der Waals surface area contributed by atoms with Gasteiger partial charge in [0, 0.05) is 32.4 Å². The maximum atomic E-state index is 12.1. The molecule has 0 aliphatic carbocycles. The zero-order chi connectivity index (χ0) is 13.7. The zero-order valence-electron chi connectivity index (χ0n) is 11.9. The zero-order valence-corrected chi connectivity index (χ0v) is 11.9. The number of likely N-dealkylation sites (tertiary alicyclic amines) is 1. The predicted octanol–water partition coefficient (Wildman–Crippen LogP) is 2.21. The first-order valence-corrected chi connectivity index (χ1v) is 7.28. The normalized spacial score (nSPS) is 19.7. The molecule has 1 amide bonds. The van der Waals surface area contributed by atoms with Crippen LogP contribution in [0.1, 0.15) is 51.2 Å². The number of nitrogens with zero attached hydrogens (tertiary/aromatic N) is 3. The molecule has 0 aromatic carbocycles. The number of amides is 1. The summed E-state index contributed by atoms with van der Waals surface area (Å²) in [6.07, 6.45) is 5.22. The second-order valence-corrected chi connectivity index (χ2v) is 5.44. The third-order valence-electron chi connectivity index (χ3n) is 3.55. The highest BCUT2D eigenvalue weighted by Gasteiger charge is 2.21. The van der Waals surface area contributed by atoms with Crippen LogP contribution in [0.5, 0.6) is 0 Å². The molecule has 106 valence electrons. The Kier molecular flexibility index (Phi) is 4.93. The monoisotopic (exact) mass is 265 g/mol. The van der Waals surface area contributed by atoms with E-state index in [2.05, 4.69) is 24.0 Å². The van der Waals surface area contributed by atoms with Crippen molar-refractivity contribution in [2.45, 2.75) is 52.4 Å². The van der Waals surface area contributed by atoms with Crippen LogP contribution in [0, 0.1) is 5.92 Å². The van der Waals surface area contributed by atoms with Crippen molar-refractivity contribution in [3.05, 3.63) is 11.7 Å². The van der Waals surface area contributed by atoms with Crippen LogP contribution in [-0.4, -0.2) is 34.0 Å². The highest BCUT2D eigenvalue weighted by atomic mass is 16.5. The van der Waals surface area contributed by atoms with Crippen LogP contribution in [0.3, 0.4) is 0 Å². The van der Waals surface area contributed by atoms with E-state index in [0.29, 0.717) is 24.7 Å². The van der Waals surface area contributed by atoms with Gasteiger partial charge in [0.15, 0.2) is 5.82 Å². The van der Waals surface area contributed by atoms with Gasteiger partial charge in [0.05, 0.1) is 0 Å². The van der Waals surface area contributed by atoms with Crippen LogP contribution in [0.4, 0.5) is 0 Å². The lowest BCUT2D eigenvalue weighted by Gasteiger charge is -2.30. The predicted molar refractivity (Wildman–Crippen MR) is 71.6 cm³/mol. The quantitative estimate of drug-likeness (QED) is 0.819. The van der Waals surface area contributed by atoms with Crippen molar-refractivity contribution in [1.82, 2.24) is 15.0 Å². The molecule has 1 aromatic heterocycles. The van der Waals surface area contributed by atoms with Crippen LogP contribution >= 0.6 is 0 Å². The van der Waals surface area contributed by atoms with Crippen molar-refractivity contribution in [1.29, 1.82) is 0 Å². The number of hydrogen-bond donors (Lipinski definition) is 0. The molecule has 0 spiro atoms. The summed E-state index contributed by atoms with van der Waals surface area (Å²) in [5, 5.41) is 3.90. The van der Waals surface area contributed by atoms with Crippen molar-refractivity contribution in [3.8, 4) is 0 Å². The molecule has 1 aliphatic heterocycles. The van der Waals surface area contributed by atoms with E-state index in [-0.39, 0.29) is 5.91 Å². The number of hydrogen-bond acceptors (Lipinski definition) is 4. The highest BCUT2D eigenvalue weighted by Crippen LogP contribution is 2.16. The third-order valence-corrected chi connectivity index (χ3v) is 3.55. The Morgan fingerprint density at radius 1 is 1.47 bits per heavy atom. The molecule has 2 heterocycles. The molecular weight excluding hydrogens is 242 g/mol. The standard InChI is InChI=1S/C14H23N3O2/c1-3-5-12-15-13(19-16-12)7-8-14(18)17-9-4-6-11(2)10-17/h11H,3-10H2,1-2H3. The van der Waals surface area contributed by atoms with E-state index in [0.717, 1.165) is 38.2 Å². The van der Waals surface area contributed by atoms with Gasteiger partial charge < -0.3 is 9.42 Å². The molecule has 0 saturated carbocycles. The summed E-state index contributed by atoms with van der Waals surface area (Å²) in [5.74, 6) is 2.16. The van der Waals surface area contributed by atoms with E-state index in [9.17, 15) is 4.79 Å². The van der Waals surface area contributed by atoms with Crippen LogP contribution in [0.25, 0.3) is 0 Å². The summed E-state index contributed by atoms with van der Waals surface area (Å²) >= 11 is 0. The van der Waals surface area contributed by atoms with Gasteiger partial charge in [-0.3, -0.25) is 4.79 Å². The summed E-state index contributed by atoms with van der Waals surface area (Å²) in [5.41, 5.74) is 0. The maximum absolute atomic E-state index is 12.1. The average Bonchev–Trinajstić information content (AvgIpc) is 2.84. The molecule has 1 atom stereocenters. The summed E-state index contributed by atoms with van der Waals surface area (Å²) in [7, 11) is 0. The second kappa shape index (κ2) is 6.68. The lowest BCUT2D eigenvalue weighted by atomic mass is 10.00. The van der Waals surface area contributed by atoms with Gasteiger partial charge in [-0.15, -0.1) is 0 Å². The topological polar surface area (TPSA) is 59.2 Å². The van der Waals surface area contributed by atoms with Gasteiger partial charge in [-0.1, -0.05) is 19.0 Å². The highest BCUT2D eigenvalue weighted by molar-refractivity contribution is 5.76. The fourth-order valence-corrected chi connectivity index (χ4v) is 2.50. The van der Waals surface area contributed by atoms with Crippen LogP contribution < -0.4 is 0 Å². The Labute approximate surface area is 114 Å². The van der Waals surface area contributed by atoms with Crippen molar-refractivity contribution in [3.63, 3.8) is 0 Å². The Balaban J connectivity index is 1.79. The van der Waals surface area contributed by atoms with E-state index in [1.54, 1.807) is 0 Å². The summed E-state index contributed by atoms with van der Waals surface area (Å²) < 4.78 is 5.14. The van der Waals surface area contributed by atoms with E-state index >= 15 is 0 Å². The number of aromatic nitrogens is 2. The van der Waals surface area contributed by atoms with Crippen LogP contribution in [0.2, 0.25) is 0 Å². The van der Waals surface area contributed by atoms with Crippen molar-refractivity contribution >= 4 is 5.91 Å². The summed E-state index contributed by atoms with van der Waals surface area (Å²) in [4.78, 5) is 18.3. The number of aryl methyl sites for hydroxylation is 2. The van der Waals surface area contributed by atoms with E-state index in [4.69, 9.17) is 4.52 Å². The van der Waals surface area contributed by atoms with Gasteiger partial charge in [-0.2, -0.15) is 4.98 Å². The minimum absolute atomic E-state index is 0.210. The summed E-state index contributed by atoms with van der Waals surface area (Å²) in [6.45, 7) is 6.07. The van der Waals surface area contributed by atoms with E-state index in [1.807, 2.05) is 4.90 Å². The lowest BCUT2D eigenvalue weighted by molar-refractivity contribution is -0.132. The molecule has 1 aliphatic rings. The number of carbonyl (C=O) groups is 1. The molecular formula is C14H23N3O2. The van der Waals surface area contributed by atoms with Crippen LogP contribution in [0.15, 0.2) is 4.52 Å². The van der Waals surface area contributed by atoms with Gasteiger partial charge in [0.25, 0.3) is 0 Å². The molecule has 5 heteroatoms. The number of piperidine rings is 1. The molecule has 1 aromatic rings. The Morgan fingerprint density at radius 3 is 3.05 bits per heavy atom. The number of rotatable bonds is 5. The SMILES string of the molecule is CCCc1noc(CCC(=O)N2CCCC(C)C2)n1. The minimum Gasteiger partial charge on any atom is -0.342 e. The molecule has 19 heavy (non-hydrogen) atoms. The smallest absolute Gasteiger partial charge is 0.227 e. The molecule has 0 radical (unpaired) electrons. The molecule has 2 rings (SSSR count). The van der Waals surface area contributed by atoms with Crippen LogP contribution in [-0.2, 0) is 17.6 Å². The largest absolute Gasteiger partial charge is 0.342 e. The number of carbonyl (C=O) groups excluding carboxylic acids is 1. The molecule has 5 nitrogen and oxygen atoms in total. The maximum Gasteiger partial charge on any atom is 0.227 e. The van der Waals surface area contributed by atoms with Crippen molar-refractivity contribution in [2.75, 3.05) is 13.1 Å². The summed E-state index contributed by atoms with van der Waals surface area (Å²) in [6, 6.07) is 0.